The first-order chi connectivity index (χ1) is 4.97. The quantitative estimate of drug-likeness (QED) is 0.635. The molecule has 0 aromatic carbocycles. The van der Waals surface area contributed by atoms with Crippen LogP contribution in [0, 0.1) is 5.51 Å². The van der Waals surface area contributed by atoms with Crippen molar-refractivity contribution in [2.24, 2.45) is 0 Å². The zero-order chi connectivity index (χ0) is 6.81. The molecule has 0 fully saturated rings. The van der Waals surface area contributed by atoms with E-state index in [4.69, 9.17) is 0 Å². The molecular formula is C4HN4S2. The van der Waals surface area contributed by atoms with E-state index in [2.05, 4.69) is 25.1 Å². The Morgan fingerprint density at radius 2 is 2.50 bits per heavy atom. The summed E-state index contributed by atoms with van der Waals surface area (Å²) in [5.41, 5.74) is 4.29. The smallest absolute Gasteiger partial charge is 0.203 e. The molecule has 2 aromatic heterocycles. The maximum absolute atomic E-state index is 3.98. The highest BCUT2D eigenvalue weighted by atomic mass is 32.1. The molecule has 2 rings (SSSR count). The molecule has 0 aliphatic heterocycles. The first-order valence-corrected chi connectivity index (χ1v) is 4.08. The van der Waals surface area contributed by atoms with Gasteiger partial charge in [-0.3, -0.25) is 0 Å². The minimum atomic E-state index is 0.642. The van der Waals surface area contributed by atoms with Crippen LogP contribution in [0.2, 0.25) is 0 Å². The van der Waals surface area contributed by atoms with E-state index in [1.807, 2.05) is 0 Å². The summed E-state index contributed by atoms with van der Waals surface area (Å²) in [7, 11) is 0. The second-order valence-electron chi connectivity index (χ2n) is 1.45. The molecule has 0 saturated heterocycles. The van der Waals surface area contributed by atoms with Crippen LogP contribution in [0.25, 0.3) is 10.8 Å². The van der Waals surface area contributed by atoms with Gasteiger partial charge in [-0.05, 0) is 11.5 Å². The fourth-order valence-corrected chi connectivity index (χ4v) is 1.43. The van der Waals surface area contributed by atoms with E-state index in [1.165, 1.54) is 22.9 Å². The van der Waals surface area contributed by atoms with Gasteiger partial charge >= 0.3 is 0 Å². The Morgan fingerprint density at radius 1 is 1.50 bits per heavy atom. The van der Waals surface area contributed by atoms with E-state index in [0.717, 1.165) is 5.01 Å². The standard InChI is InChI=1S/C4HN4S2/c1-5-3(8-10-1)4-7-6-2-9-4/h1H. The molecule has 0 aliphatic carbocycles. The molecule has 0 saturated carbocycles. The Bertz CT molecular complexity index is 255. The largest absolute Gasteiger partial charge is 0.221 e. The number of nitrogens with zero attached hydrogens (tertiary/aromatic N) is 4. The summed E-state index contributed by atoms with van der Waals surface area (Å²) in [4.78, 5) is 3.95. The molecule has 0 aliphatic rings. The highest BCUT2D eigenvalue weighted by Crippen LogP contribution is 2.15. The van der Waals surface area contributed by atoms with E-state index >= 15 is 0 Å². The minimum Gasteiger partial charge on any atom is -0.221 e. The van der Waals surface area contributed by atoms with E-state index in [1.54, 1.807) is 5.51 Å². The zero-order valence-corrected chi connectivity index (χ0v) is 6.32. The summed E-state index contributed by atoms with van der Waals surface area (Å²) in [6, 6.07) is 0. The second-order valence-corrected chi connectivity index (χ2v) is 2.83. The van der Waals surface area contributed by atoms with Gasteiger partial charge in [-0.15, -0.1) is 10.2 Å². The Hall–Kier alpha value is -0.880. The van der Waals surface area contributed by atoms with Crippen molar-refractivity contribution in [3.63, 3.8) is 0 Å². The van der Waals surface area contributed by atoms with Gasteiger partial charge in [0.1, 0.15) is 5.51 Å². The van der Waals surface area contributed by atoms with Crippen molar-refractivity contribution in [3.8, 4) is 10.8 Å². The molecule has 0 bridgehead atoms. The highest BCUT2D eigenvalue weighted by Gasteiger charge is 2.03. The summed E-state index contributed by atoms with van der Waals surface area (Å²) >= 11 is 2.62. The first-order valence-electron chi connectivity index (χ1n) is 2.43. The van der Waals surface area contributed by atoms with Crippen LogP contribution in [0.15, 0.2) is 5.51 Å². The topological polar surface area (TPSA) is 51.6 Å². The van der Waals surface area contributed by atoms with Gasteiger partial charge in [-0.1, -0.05) is 11.3 Å². The maximum Gasteiger partial charge on any atom is 0.203 e. The number of hydrogen-bond donors (Lipinski definition) is 0. The number of rotatable bonds is 1. The van der Waals surface area contributed by atoms with Crippen molar-refractivity contribution in [1.29, 1.82) is 0 Å². The molecular weight excluding hydrogens is 168 g/mol. The first kappa shape index (κ1) is 5.87. The van der Waals surface area contributed by atoms with E-state index < -0.39 is 0 Å². The van der Waals surface area contributed by atoms with Crippen molar-refractivity contribution >= 4 is 22.9 Å². The van der Waals surface area contributed by atoms with E-state index in [9.17, 15) is 0 Å². The normalized spacial score (nSPS) is 10.0. The van der Waals surface area contributed by atoms with Crippen LogP contribution < -0.4 is 0 Å². The third-order valence-corrected chi connectivity index (χ3v) is 1.99. The minimum absolute atomic E-state index is 0.642. The third-order valence-electron chi connectivity index (χ3n) is 0.877. The van der Waals surface area contributed by atoms with Crippen LogP contribution in [-0.2, 0) is 0 Å². The van der Waals surface area contributed by atoms with Gasteiger partial charge in [0.15, 0.2) is 10.5 Å². The second kappa shape index (κ2) is 2.39. The van der Waals surface area contributed by atoms with E-state index in [0.29, 0.717) is 5.82 Å². The molecule has 0 unspecified atom stereocenters. The predicted octanol–water partition coefficient (Wildman–Crippen LogP) is 0.857. The van der Waals surface area contributed by atoms with Crippen molar-refractivity contribution in [1.82, 2.24) is 19.6 Å². The Balaban J connectivity index is 2.48. The molecule has 0 N–H and O–H groups in total. The van der Waals surface area contributed by atoms with E-state index in [-0.39, 0.29) is 0 Å². The van der Waals surface area contributed by atoms with Crippen LogP contribution in [-0.4, -0.2) is 19.6 Å². The molecule has 6 heteroatoms. The van der Waals surface area contributed by atoms with Crippen molar-refractivity contribution < 1.29 is 0 Å². The summed E-state index contributed by atoms with van der Waals surface area (Å²) in [6.07, 6.45) is 0. The summed E-state index contributed by atoms with van der Waals surface area (Å²) in [5, 5.41) is 8.02. The van der Waals surface area contributed by atoms with Crippen LogP contribution in [0.3, 0.4) is 0 Å². The Kier molecular flexibility index (Phi) is 1.40. The number of hydrogen-bond acceptors (Lipinski definition) is 6. The van der Waals surface area contributed by atoms with Crippen molar-refractivity contribution in [2.75, 3.05) is 0 Å². The van der Waals surface area contributed by atoms with Gasteiger partial charge in [-0.25, -0.2) is 4.98 Å². The lowest BCUT2D eigenvalue weighted by Crippen LogP contribution is -1.77. The molecule has 10 heavy (non-hydrogen) atoms. The van der Waals surface area contributed by atoms with Crippen molar-refractivity contribution in [2.45, 2.75) is 0 Å². The zero-order valence-electron chi connectivity index (χ0n) is 4.68. The van der Waals surface area contributed by atoms with Crippen LogP contribution >= 0.6 is 22.9 Å². The average Bonchev–Trinajstić information content (AvgIpc) is 2.59. The van der Waals surface area contributed by atoms with Gasteiger partial charge in [0.2, 0.25) is 5.82 Å². The van der Waals surface area contributed by atoms with Gasteiger partial charge in [0.25, 0.3) is 0 Å². The van der Waals surface area contributed by atoms with Crippen molar-refractivity contribution in [3.05, 3.63) is 11.0 Å². The van der Waals surface area contributed by atoms with Gasteiger partial charge in [0, 0.05) is 0 Å². The average molecular weight is 169 g/mol. The molecule has 2 heterocycles. The lowest BCUT2D eigenvalue weighted by atomic mass is 10.7. The summed E-state index contributed by atoms with van der Waals surface area (Å²) in [5.74, 6) is 0.642. The SMILES string of the molecule is [c]1nnc(-c2ncsn2)s1. The van der Waals surface area contributed by atoms with Gasteiger partial charge < -0.3 is 0 Å². The monoisotopic (exact) mass is 169 g/mol. The molecule has 1 radical (unpaired) electrons. The summed E-state index contributed by atoms with van der Waals surface area (Å²) in [6.45, 7) is 0. The fourth-order valence-electron chi connectivity index (χ4n) is 0.505. The summed E-state index contributed by atoms with van der Waals surface area (Å²) < 4.78 is 3.98. The molecule has 0 atom stereocenters. The predicted molar refractivity (Wildman–Crippen MR) is 37.6 cm³/mol. The van der Waals surface area contributed by atoms with Gasteiger partial charge in [-0.2, -0.15) is 4.37 Å². The lowest BCUT2D eigenvalue weighted by Gasteiger charge is -1.78. The number of aromatic nitrogens is 4. The lowest BCUT2D eigenvalue weighted by molar-refractivity contribution is 1.08. The molecule has 0 spiro atoms. The maximum atomic E-state index is 3.98. The Morgan fingerprint density at radius 3 is 3.10 bits per heavy atom. The molecule has 0 amide bonds. The van der Waals surface area contributed by atoms with Crippen LogP contribution in [0.4, 0.5) is 0 Å². The molecule has 4 nitrogen and oxygen atoms in total. The fraction of sp³-hybridized carbons (Fsp3) is 0. The van der Waals surface area contributed by atoms with Crippen LogP contribution in [0.1, 0.15) is 0 Å². The highest BCUT2D eigenvalue weighted by molar-refractivity contribution is 7.12. The molecule has 2 aromatic rings. The third kappa shape index (κ3) is 0.910. The Labute approximate surface area is 64.8 Å². The van der Waals surface area contributed by atoms with Crippen LogP contribution in [0.5, 0.6) is 0 Å². The van der Waals surface area contributed by atoms with Gasteiger partial charge in [0.05, 0.1) is 0 Å². The molecule has 49 valence electrons.